The summed E-state index contributed by atoms with van der Waals surface area (Å²) in [5, 5.41) is 5.62. The number of rotatable bonds is 6. The highest BCUT2D eigenvalue weighted by molar-refractivity contribution is 7.92. The zero-order valence-electron chi connectivity index (χ0n) is 20.8. The Balaban J connectivity index is 1.90. The van der Waals surface area contributed by atoms with Crippen molar-refractivity contribution >= 4 is 33.2 Å². The van der Waals surface area contributed by atoms with Crippen molar-refractivity contribution in [1.82, 2.24) is 5.32 Å². The van der Waals surface area contributed by atoms with Crippen LogP contribution in [0.5, 0.6) is 0 Å². The van der Waals surface area contributed by atoms with Crippen LogP contribution in [0.2, 0.25) is 0 Å². The van der Waals surface area contributed by atoms with Crippen molar-refractivity contribution in [3.63, 3.8) is 0 Å². The first-order chi connectivity index (χ1) is 16.3. The number of para-hydroxylation sites is 1. The first-order valence-electron chi connectivity index (χ1n) is 11.2. The smallest absolute Gasteiger partial charge is 0.262 e. The molecule has 3 N–H and O–H groups in total. The van der Waals surface area contributed by atoms with E-state index in [9.17, 15) is 18.0 Å². The average molecular weight is 494 g/mol. The number of anilines is 2. The maximum absolute atomic E-state index is 13.2. The molecule has 0 bridgehead atoms. The Morgan fingerprint density at radius 2 is 1.43 bits per heavy atom. The molecule has 0 spiro atoms. The lowest BCUT2D eigenvalue weighted by atomic mass is 10.1. The van der Waals surface area contributed by atoms with Gasteiger partial charge < -0.3 is 10.6 Å². The molecule has 7 nitrogen and oxygen atoms in total. The zero-order valence-corrected chi connectivity index (χ0v) is 21.6. The minimum absolute atomic E-state index is 0.00446. The van der Waals surface area contributed by atoms with Crippen LogP contribution in [0.4, 0.5) is 11.4 Å². The van der Waals surface area contributed by atoms with Gasteiger partial charge in [0.05, 0.1) is 21.8 Å². The van der Waals surface area contributed by atoms with Gasteiger partial charge in [0.1, 0.15) is 0 Å². The Hall–Kier alpha value is -3.65. The molecule has 0 heterocycles. The number of aryl methyl sites for hydroxylation is 2. The van der Waals surface area contributed by atoms with E-state index in [1.165, 1.54) is 6.07 Å². The number of nitrogens with one attached hydrogen (secondary N) is 3. The van der Waals surface area contributed by atoms with E-state index in [4.69, 9.17) is 0 Å². The van der Waals surface area contributed by atoms with Gasteiger partial charge in [-0.2, -0.15) is 0 Å². The lowest BCUT2D eigenvalue weighted by Crippen LogP contribution is -2.40. The van der Waals surface area contributed by atoms with Crippen LogP contribution in [-0.2, 0) is 10.0 Å². The van der Waals surface area contributed by atoms with Gasteiger partial charge in [0.15, 0.2) is 0 Å². The van der Waals surface area contributed by atoms with Crippen molar-refractivity contribution < 1.29 is 18.0 Å². The van der Waals surface area contributed by atoms with E-state index in [2.05, 4.69) is 15.4 Å². The van der Waals surface area contributed by atoms with Gasteiger partial charge in [0, 0.05) is 11.1 Å². The second-order valence-electron chi connectivity index (χ2n) is 9.54. The van der Waals surface area contributed by atoms with Crippen LogP contribution < -0.4 is 15.4 Å². The van der Waals surface area contributed by atoms with Crippen LogP contribution in [0.1, 0.15) is 58.2 Å². The molecule has 3 rings (SSSR count). The quantitative estimate of drug-likeness (QED) is 0.439. The fraction of sp³-hybridized carbons (Fsp3) is 0.259. The molecule has 8 heteroatoms. The van der Waals surface area contributed by atoms with Crippen molar-refractivity contribution in [3.8, 4) is 0 Å². The van der Waals surface area contributed by atoms with E-state index in [0.29, 0.717) is 22.5 Å². The van der Waals surface area contributed by atoms with Gasteiger partial charge in [0.2, 0.25) is 0 Å². The molecular weight excluding hydrogens is 462 g/mol. The summed E-state index contributed by atoms with van der Waals surface area (Å²) in [6.07, 6.45) is 0. The summed E-state index contributed by atoms with van der Waals surface area (Å²) in [6, 6.07) is 16.5. The summed E-state index contributed by atoms with van der Waals surface area (Å²) < 4.78 is 29.0. The number of carbonyl (C=O) groups excluding carboxylic acids is 2. The molecule has 0 fully saturated rings. The third kappa shape index (κ3) is 6.27. The maximum Gasteiger partial charge on any atom is 0.262 e. The maximum atomic E-state index is 13.2. The molecule has 184 valence electrons. The summed E-state index contributed by atoms with van der Waals surface area (Å²) in [5.74, 6) is -0.845. The molecule has 35 heavy (non-hydrogen) atoms. The molecule has 0 unspecified atom stereocenters. The Morgan fingerprint density at radius 1 is 0.771 bits per heavy atom. The predicted octanol–water partition coefficient (Wildman–Crippen LogP) is 5.19. The predicted molar refractivity (Wildman–Crippen MR) is 140 cm³/mol. The first-order valence-corrected chi connectivity index (χ1v) is 12.7. The minimum Gasteiger partial charge on any atom is -0.347 e. The number of amides is 2. The number of benzene rings is 3. The first kappa shape index (κ1) is 26.0. The van der Waals surface area contributed by atoms with Crippen molar-refractivity contribution in [2.75, 3.05) is 10.0 Å². The zero-order chi connectivity index (χ0) is 26.0. The number of hydrogen-bond acceptors (Lipinski definition) is 4. The highest BCUT2D eigenvalue weighted by Crippen LogP contribution is 2.25. The summed E-state index contributed by atoms with van der Waals surface area (Å²) in [5.41, 5.74) is 3.13. The Bertz CT molecular complexity index is 1390. The Morgan fingerprint density at radius 3 is 2.11 bits per heavy atom. The molecule has 0 aliphatic carbocycles. The van der Waals surface area contributed by atoms with Crippen molar-refractivity contribution in [2.45, 2.75) is 52.0 Å². The minimum atomic E-state index is -3.95. The van der Waals surface area contributed by atoms with E-state index in [1.807, 2.05) is 40.7 Å². The molecule has 0 aliphatic rings. The molecule has 3 aromatic rings. The van der Waals surface area contributed by atoms with E-state index >= 15 is 0 Å². The second-order valence-corrected chi connectivity index (χ2v) is 11.2. The molecule has 0 saturated heterocycles. The van der Waals surface area contributed by atoms with Gasteiger partial charge in [-0.05, 0) is 88.6 Å². The fourth-order valence-electron chi connectivity index (χ4n) is 3.48. The van der Waals surface area contributed by atoms with Gasteiger partial charge in [-0.1, -0.05) is 30.3 Å². The van der Waals surface area contributed by atoms with Gasteiger partial charge in [0.25, 0.3) is 21.8 Å². The van der Waals surface area contributed by atoms with Crippen molar-refractivity contribution in [2.24, 2.45) is 0 Å². The highest BCUT2D eigenvalue weighted by atomic mass is 32.2. The molecule has 0 atom stereocenters. The molecular formula is C27H31N3O4S. The van der Waals surface area contributed by atoms with Crippen LogP contribution in [-0.4, -0.2) is 25.8 Å². The molecule has 0 aromatic heterocycles. The summed E-state index contributed by atoms with van der Waals surface area (Å²) >= 11 is 0. The van der Waals surface area contributed by atoms with Crippen LogP contribution in [0.25, 0.3) is 0 Å². The van der Waals surface area contributed by atoms with Crippen molar-refractivity contribution in [1.29, 1.82) is 0 Å². The van der Waals surface area contributed by atoms with E-state index in [0.717, 1.165) is 11.1 Å². The Labute approximate surface area is 207 Å². The van der Waals surface area contributed by atoms with Crippen molar-refractivity contribution in [3.05, 3.63) is 88.5 Å². The number of sulfonamides is 1. The molecule has 0 saturated carbocycles. The number of hydrogen-bond donors (Lipinski definition) is 3. The summed E-state index contributed by atoms with van der Waals surface area (Å²) in [7, 11) is -3.95. The number of carbonyl (C=O) groups is 2. The third-order valence-electron chi connectivity index (χ3n) is 5.50. The highest BCUT2D eigenvalue weighted by Gasteiger charge is 2.22. The third-order valence-corrected chi connectivity index (χ3v) is 7.00. The molecule has 2 amide bonds. The van der Waals surface area contributed by atoms with Crippen LogP contribution in [0.15, 0.2) is 65.6 Å². The van der Waals surface area contributed by atoms with Gasteiger partial charge in [-0.25, -0.2) is 8.42 Å². The SMILES string of the molecule is Cc1ccc(C(=O)Nc2ccccc2C(=O)NC(C)(C)C)cc1S(=O)(=O)Nc1cccc(C)c1C. The summed E-state index contributed by atoms with van der Waals surface area (Å²) in [6.45, 7) is 11.0. The van der Waals surface area contributed by atoms with E-state index in [1.54, 1.807) is 55.5 Å². The second kappa shape index (κ2) is 9.92. The van der Waals surface area contributed by atoms with Gasteiger partial charge >= 0.3 is 0 Å². The topological polar surface area (TPSA) is 104 Å². The lowest BCUT2D eigenvalue weighted by Gasteiger charge is -2.21. The van der Waals surface area contributed by atoms with E-state index < -0.39 is 21.5 Å². The molecule has 0 aliphatic heterocycles. The van der Waals surface area contributed by atoms with Crippen LogP contribution in [0, 0.1) is 20.8 Å². The molecule has 0 radical (unpaired) electrons. The average Bonchev–Trinajstić information content (AvgIpc) is 2.76. The summed E-state index contributed by atoms with van der Waals surface area (Å²) in [4.78, 5) is 25.8. The van der Waals surface area contributed by atoms with Gasteiger partial charge in [-0.15, -0.1) is 0 Å². The van der Waals surface area contributed by atoms with E-state index in [-0.39, 0.29) is 16.4 Å². The lowest BCUT2D eigenvalue weighted by molar-refractivity contribution is 0.0920. The fourth-order valence-corrected chi connectivity index (χ4v) is 4.88. The van der Waals surface area contributed by atoms with Gasteiger partial charge in [-0.3, -0.25) is 14.3 Å². The monoisotopic (exact) mass is 493 g/mol. The van der Waals surface area contributed by atoms with Crippen LogP contribution >= 0.6 is 0 Å². The largest absolute Gasteiger partial charge is 0.347 e. The molecule has 3 aromatic carbocycles. The van der Waals surface area contributed by atoms with Crippen LogP contribution in [0.3, 0.4) is 0 Å². The Kier molecular flexibility index (Phi) is 7.36. The standard InChI is InChI=1S/C27H31N3O4S/c1-17-10-9-13-22(19(17)3)30-35(33,34)24-16-20(15-14-18(24)2)25(31)28-23-12-8-7-11-21(23)26(32)29-27(4,5)6/h7-16,30H,1-6H3,(H,28,31)(H,29,32). The normalized spacial score (nSPS) is 11.6.